The van der Waals surface area contributed by atoms with Crippen molar-refractivity contribution in [2.45, 2.75) is 44.6 Å². The van der Waals surface area contributed by atoms with Gasteiger partial charge in [-0.05, 0) is 68.7 Å². The van der Waals surface area contributed by atoms with E-state index in [9.17, 15) is 0 Å². The van der Waals surface area contributed by atoms with Crippen molar-refractivity contribution < 1.29 is 0 Å². The molecule has 15 heavy (non-hydrogen) atoms. The first-order valence-electron chi connectivity index (χ1n) is 6.66. The van der Waals surface area contributed by atoms with Crippen LogP contribution in [-0.2, 0) is 0 Å². The van der Waals surface area contributed by atoms with Crippen molar-refractivity contribution in [2.75, 3.05) is 11.9 Å². The standard InChI is InChI=1S/C13H22BrN/c14-2-1-3-15-13-11-5-9-4-10(7-11)8-12(13)6-9/h9-13,15H,1-8H2. The average Bonchev–Trinajstić information content (AvgIpc) is 2.21. The Labute approximate surface area is 102 Å². The monoisotopic (exact) mass is 271 g/mol. The van der Waals surface area contributed by atoms with Gasteiger partial charge in [0.2, 0.25) is 0 Å². The predicted molar refractivity (Wildman–Crippen MR) is 67.2 cm³/mol. The maximum Gasteiger partial charge on any atom is 0.0124 e. The van der Waals surface area contributed by atoms with Gasteiger partial charge in [-0.2, -0.15) is 0 Å². The van der Waals surface area contributed by atoms with Crippen LogP contribution in [0.25, 0.3) is 0 Å². The third-order valence-corrected chi connectivity index (χ3v) is 5.48. The summed E-state index contributed by atoms with van der Waals surface area (Å²) in [4.78, 5) is 0. The van der Waals surface area contributed by atoms with Crippen LogP contribution in [-0.4, -0.2) is 17.9 Å². The summed E-state index contributed by atoms with van der Waals surface area (Å²) in [5, 5.41) is 4.98. The van der Waals surface area contributed by atoms with E-state index in [0.29, 0.717) is 0 Å². The van der Waals surface area contributed by atoms with Gasteiger partial charge in [-0.1, -0.05) is 15.9 Å². The fourth-order valence-electron chi connectivity index (χ4n) is 4.59. The molecular weight excluding hydrogens is 250 g/mol. The van der Waals surface area contributed by atoms with Gasteiger partial charge in [-0.25, -0.2) is 0 Å². The average molecular weight is 272 g/mol. The second-order valence-corrected chi connectivity index (χ2v) is 6.75. The van der Waals surface area contributed by atoms with Crippen molar-refractivity contribution in [3.63, 3.8) is 0 Å². The van der Waals surface area contributed by atoms with E-state index in [1.54, 1.807) is 32.1 Å². The Morgan fingerprint density at radius 2 is 1.53 bits per heavy atom. The number of nitrogens with one attached hydrogen (secondary N) is 1. The zero-order valence-electron chi connectivity index (χ0n) is 9.42. The molecule has 0 heterocycles. The quantitative estimate of drug-likeness (QED) is 0.612. The molecule has 4 aliphatic carbocycles. The van der Waals surface area contributed by atoms with Gasteiger partial charge >= 0.3 is 0 Å². The summed E-state index contributed by atoms with van der Waals surface area (Å²) < 4.78 is 0. The van der Waals surface area contributed by atoms with Crippen LogP contribution in [0.15, 0.2) is 0 Å². The largest absolute Gasteiger partial charge is 0.313 e. The first kappa shape index (κ1) is 10.6. The van der Waals surface area contributed by atoms with E-state index in [0.717, 1.165) is 35.0 Å². The number of rotatable bonds is 4. The fourth-order valence-corrected chi connectivity index (χ4v) is 4.87. The third-order valence-electron chi connectivity index (χ3n) is 4.92. The van der Waals surface area contributed by atoms with Crippen molar-refractivity contribution in [3.05, 3.63) is 0 Å². The summed E-state index contributed by atoms with van der Waals surface area (Å²) in [5.41, 5.74) is 0. The Balaban J connectivity index is 1.60. The highest BCUT2D eigenvalue weighted by molar-refractivity contribution is 9.09. The molecule has 1 nitrogen and oxygen atoms in total. The van der Waals surface area contributed by atoms with Crippen molar-refractivity contribution in [2.24, 2.45) is 23.7 Å². The summed E-state index contributed by atoms with van der Waals surface area (Å²) in [6, 6.07) is 0.886. The Kier molecular flexibility index (Phi) is 3.08. The van der Waals surface area contributed by atoms with E-state index in [4.69, 9.17) is 0 Å². The number of hydrogen-bond acceptors (Lipinski definition) is 1. The van der Waals surface area contributed by atoms with Gasteiger partial charge in [0.1, 0.15) is 0 Å². The van der Waals surface area contributed by atoms with Gasteiger partial charge in [0, 0.05) is 11.4 Å². The summed E-state index contributed by atoms with van der Waals surface area (Å²) in [6.45, 7) is 1.22. The summed E-state index contributed by atoms with van der Waals surface area (Å²) in [6.07, 6.45) is 9.01. The predicted octanol–water partition coefficient (Wildman–Crippen LogP) is 3.19. The van der Waals surface area contributed by atoms with Crippen LogP contribution in [0, 0.1) is 23.7 Å². The van der Waals surface area contributed by atoms with Crippen LogP contribution in [0.3, 0.4) is 0 Å². The van der Waals surface area contributed by atoms with Crippen molar-refractivity contribution in [3.8, 4) is 0 Å². The molecule has 0 radical (unpaired) electrons. The SMILES string of the molecule is BrCCCNC1C2CC3CC(C2)CC1C3. The molecule has 0 amide bonds. The van der Waals surface area contributed by atoms with E-state index in [-0.39, 0.29) is 0 Å². The molecule has 4 aliphatic rings. The number of hydrogen-bond donors (Lipinski definition) is 1. The van der Waals surface area contributed by atoms with Crippen LogP contribution >= 0.6 is 15.9 Å². The van der Waals surface area contributed by atoms with Gasteiger partial charge in [-0.3, -0.25) is 0 Å². The zero-order chi connectivity index (χ0) is 10.3. The van der Waals surface area contributed by atoms with E-state index in [2.05, 4.69) is 21.2 Å². The van der Waals surface area contributed by atoms with Gasteiger partial charge in [0.05, 0.1) is 0 Å². The van der Waals surface area contributed by atoms with E-state index < -0.39 is 0 Å². The summed E-state index contributed by atoms with van der Waals surface area (Å²) in [7, 11) is 0. The van der Waals surface area contributed by atoms with Gasteiger partial charge in [0.15, 0.2) is 0 Å². The molecule has 2 heteroatoms. The van der Waals surface area contributed by atoms with E-state index in [1.165, 1.54) is 13.0 Å². The topological polar surface area (TPSA) is 12.0 Å². The van der Waals surface area contributed by atoms with Crippen LogP contribution in [0.1, 0.15) is 38.5 Å². The first-order valence-corrected chi connectivity index (χ1v) is 7.78. The molecule has 0 aromatic rings. The number of alkyl halides is 1. The lowest BCUT2D eigenvalue weighted by Gasteiger charge is -2.54. The maximum atomic E-state index is 3.84. The molecule has 1 N–H and O–H groups in total. The van der Waals surface area contributed by atoms with Crippen molar-refractivity contribution in [1.29, 1.82) is 0 Å². The Morgan fingerprint density at radius 1 is 0.933 bits per heavy atom. The number of halogens is 1. The molecule has 0 saturated heterocycles. The molecule has 0 unspecified atom stereocenters. The molecule has 0 aromatic carbocycles. The molecule has 0 aromatic heterocycles. The molecule has 0 aliphatic heterocycles. The lowest BCUT2D eigenvalue weighted by Crippen LogP contribution is -2.54. The minimum Gasteiger partial charge on any atom is -0.313 e. The Morgan fingerprint density at radius 3 is 2.07 bits per heavy atom. The Bertz CT molecular complexity index is 201. The van der Waals surface area contributed by atoms with E-state index >= 15 is 0 Å². The molecule has 4 rings (SSSR count). The second kappa shape index (κ2) is 4.37. The zero-order valence-corrected chi connectivity index (χ0v) is 11.0. The molecular formula is C13H22BrN. The van der Waals surface area contributed by atoms with Crippen LogP contribution in [0.5, 0.6) is 0 Å². The minimum atomic E-state index is 0.886. The molecule has 4 saturated carbocycles. The van der Waals surface area contributed by atoms with Gasteiger partial charge in [0.25, 0.3) is 0 Å². The molecule has 0 atom stereocenters. The highest BCUT2D eigenvalue weighted by atomic mass is 79.9. The summed E-state index contributed by atoms with van der Waals surface area (Å²) in [5.74, 6) is 4.30. The minimum absolute atomic E-state index is 0.886. The maximum absolute atomic E-state index is 3.84. The van der Waals surface area contributed by atoms with Crippen LogP contribution in [0.4, 0.5) is 0 Å². The van der Waals surface area contributed by atoms with Crippen molar-refractivity contribution >= 4 is 15.9 Å². The lowest BCUT2D eigenvalue weighted by atomic mass is 9.54. The van der Waals surface area contributed by atoms with Crippen molar-refractivity contribution in [1.82, 2.24) is 5.32 Å². The van der Waals surface area contributed by atoms with Crippen LogP contribution in [0.2, 0.25) is 0 Å². The highest BCUT2D eigenvalue weighted by Gasteiger charge is 2.47. The third kappa shape index (κ3) is 2.00. The van der Waals surface area contributed by atoms with E-state index in [1.807, 2.05) is 0 Å². The fraction of sp³-hybridized carbons (Fsp3) is 1.00. The smallest absolute Gasteiger partial charge is 0.0124 e. The van der Waals surface area contributed by atoms with Gasteiger partial charge in [-0.15, -0.1) is 0 Å². The Hall–Kier alpha value is 0.440. The molecule has 4 bridgehead atoms. The second-order valence-electron chi connectivity index (χ2n) is 5.95. The first-order chi connectivity index (χ1) is 7.36. The van der Waals surface area contributed by atoms with Crippen LogP contribution < -0.4 is 5.32 Å². The molecule has 86 valence electrons. The molecule has 4 fully saturated rings. The highest BCUT2D eigenvalue weighted by Crippen LogP contribution is 2.53. The molecule has 0 spiro atoms. The normalized spacial score (nSPS) is 47.4. The summed E-state index contributed by atoms with van der Waals surface area (Å²) >= 11 is 3.51. The lowest BCUT2D eigenvalue weighted by molar-refractivity contribution is -0.0134. The van der Waals surface area contributed by atoms with Gasteiger partial charge < -0.3 is 5.32 Å².